The van der Waals surface area contributed by atoms with Crippen LogP contribution in [0.5, 0.6) is 0 Å². The van der Waals surface area contributed by atoms with E-state index in [4.69, 9.17) is 0 Å². The quantitative estimate of drug-likeness (QED) is 0.915. The molecule has 3 nitrogen and oxygen atoms in total. The molecular weight excluding hydrogens is 246 g/mol. The molecule has 0 unspecified atom stereocenters. The van der Waals surface area contributed by atoms with Crippen LogP contribution in [0, 0.1) is 6.92 Å². The van der Waals surface area contributed by atoms with E-state index in [1.165, 1.54) is 53.9 Å². The molecule has 2 heterocycles. The fourth-order valence-electron chi connectivity index (χ4n) is 3.18. The molecule has 0 spiro atoms. The predicted octanol–water partition coefficient (Wildman–Crippen LogP) is 3.86. The Morgan fingerprint density at radius 1 is 1.10 bits per heavy atom. The fourth-order valence-corrected chi connectivity index (χ4v) is 3.18. The number of aromatic amines is 1. The summed E-state index contributed by atoms with van der Waals surface area (Å²) in [6.45, 7) is 4.43. The van der Waals surface area contributed by atoms with E-state index in [0.717, 1.165) is 13.1 Å². The zero-order valence-corrected chi connectivity index (χ0v) is 12.0. The topological polar surface area (TPSA) is 31.9 Å². The van der Waals surface area contributed by atoms with Crippen LogP contribution in [0.4, 0.5) is 5.82 Å². The van der Waals surface area contributed by atoms with E-state index in [0.29, 0.717) is 5.92 Å². The van der Waals surface area contributed by atoms with E-state index < -0.39 is 0 Å². The van der Waals surface area contributed by atoms with E-state index in [-0.39, 0.29) is 0 Å². The monoisotopic (exact) mass is 267 g/mol. The molecule has 1 saturated carbocycles. The van der Waals surface area contributed by atoms with Crippen molar-refractivity contribution in [3.8, 4) is 11.1 Å². The van der Waals surface area contributed by atoms with Gasteiger partial charge in [0.25, 0.3) is 0 Å². The number of hydrogen-bond donors (Lipinski definition) is 1. The van der Waals surface area contributed by atoms with Crippen LogP contribution in [0.1, 0.15) is 42.9 Å². The van der Waals surface area contributed by atoms with E-state index in [2.05, 4.69) is 46.3 Å². The lowest BCUT2D eigenvalue weighted by molar-refractivity contribution is 0.908. The van der Waals surface area contributed by atoms with Crippen molar-refractivity contribution in [3.05, 3.63) is 35.5 Å². The van der Waals surface area contributed by atoms with Crippen LogP contribution in [0.2, 0.25) is 0 Å². The summed E-state index contributed by atoms with van der Waals surface area (Å²) in [6, 6.07) is 8.89. The Hall–Kier alpha value is -1.77. The first kappa shape index (κ1) is 12.0. The molecule has 0 radical (unpaired) electrons. The maximum absolute atomic E-state index is 4.66. The van der Waals surface area contributed by atoms with Crippen molar-refractivity contribution >= 4 is 5.82 Å². The number of H-pyrrole nitrogens is 1. The number of nitrogens with zero attached hydrogens (tertiary/aromatic N) is 2. The normalized spacial score (nSPS) is 18.8. The van der Waals surface area contributed by atoms with Gasteiger partial charge in [0.2, 0.25) is 0 Å². The Balaban J connectivity index is 1.81. The van der Waals surface area contributed by atoms with Gasteiger partial charge in [-0.2, -0.15) is 5.10 Å². The van der Waals surface area contributed by atoms with Crippen LogP contribution < -0.4 is 4.90 Å². The third kappa shape index (κ3) is 2.01. The molecule has 2 aromatic rings. The number of hydrogen-bond acceptors (Lipinski definition) is 2. The molecule has 1 saturated heterocycles. The molecular formula is C17H21N3. The number of rotatable bonds is 3. The second kappa shape index (κ2) is 4.65. The number of aryl methyl sites for hydroxylation is 1. The summed E-state index contributed by atoms with van der Waals surface area (Å²) >= 11 is 0. The van der Waals surface area contributed by atoms with E-state index in [1.807, 2.05) is 0 Å². The van der Waals surface area contributed by atoms with Crippen molar-refractivity contribution in [2.45, 2.75) is 38.5 Å². The molecule has 0 atom stereocenters. The molecule has 104 valence electrons. The van der Waals surface area contributed by atoms with Gasteiger partial charge in [-0.25, -0.2) is 0 Å². The van der Waals surface area contributed by atoms with E-state index in [1.54, 1.807) is 0 Å². The highest BCUT2D eigenvalue weighted by Crippen LogP contribution is 2.46. The van der Waals surface area contributed by atoms with Gasteiger partial charge in [-0.1, -0.05) is 29.8 Å². The average Bonchev–Trinajstić information content (AvgIpc) is 3.01. The van der Waals surface area contributed by atoms with Crippen molar-refractivity contribution in [3.63, 3.8) is 0 Å². The highest BCUT2D eigenvalue weighted by molar-refractivity contribution is 5.79. The zero-order chi connectivity index (χ0) is 13.5. The molecule has 3 heteroatoms. The molecule has 0 bridgehead atoms. The molecule has 2 fully saturated rings. The van der Waals surface area contributed by atoms with Crippen LogP contribution in [0.15, 0.2) is 24.3 Å². The van der Waals surface area contributed by atoms with Gasteiger partial charge >= 0.3 is 0 Å². The van der Waals surface area contributed by atoms with Crippen LogP contribution >= 0.6 is 0 Å². The Kier molecular flexibility index (Phi) is 2.79. The van der Waals surface area contributed by atoms with Gasteiger partial charge in [-0.15, -0.1) is 0 Å². The minimum absolute atomic E-state index is 0.704. The minimum Gasteiger partial charge on any atom is -0.355 e. The largest absolute Gasteiger partial charge is 0.355 e. The predicted molar refractivity (Wildman–Crippen MR) is 82.2 cm³/mol. The number of benzene rings is 1. The summed E-state index contributed by atoms with van der Waals surface area (Å²) in [4.78, 5) is 2.44. The van der Waals surface area contributed by atoms with Crippen LogP contribution in [-0.2, 0) is 0 Å². The third-order valence-corrected chi connectivity index (χ3v) is 4.51. The number of aromatic nitrogens is 2. The molecule has 0 amide bonds. The summed E-state index contributed by atoms with van der Waals surface area (Å²) in [5, 5.41) is 7.99. The van der Waals surface area contributed by atoms with Crippen molar-refractivity contribution in [1.82, 2.24) is 10.2 Å². The lowest BCUT2D eigenvalue weighted by atomic mass is 10.0. The Bertz CT molecular complexity index is 602. The Labute approximate surface area is 120 Å². The molecule has 4 rings (SSSR count). The maximum Gasteiger partial charge on any atom is 0.158 e. The second-order valence-electron chi connectivity index (χ2n) is 6.17. The van der Waals surface area contributed by atoms with Gasteiger partial charge in [-0.05, 0) is 38.2 Å². The molecule has 1 N–H and O–H groups in total. The Morgan fingerprint density at radius 2 is 1.80 bits per heavy atom. The highest BCUT2D eigenvalue weighted by Gasteiger charge is 2.32. The van der Waals surface area contributed by atoms with Gasteiger partial charge in [0.1, 0.15) is 0 Å². The lowest BCUT2D eigenvalue weighted by Gasteiger charge is -2.17. The summed E-state index contributed by atoms with van der Waals surface area (Å²) in [6.07, 6.45) is 5.19. The van der Waals surface area contributed by atoms with Crippen LogP contribution in [-0.4, -0.2) is 23.3 Å². The second-order valence-corrected chi connectivity index (χ2v) is 6.17. The number of anilines is 1. The van der Waals surface area contributed by atoms with Crippen molar-refractivity contribution in [2.24, 2.45) is 0 Å². The number of nitrogens with one attached hydrogen (secondary N) is 1. The maximum atomic E-state index is 4.66. The smallest absolute Gasteiger partial charge is 0.158 e. The first-order valence-electron chi connectivity index (χ1n) is 7.73. The third-order valence-electron chi connectivity index (χ3n) is 4.51. The molecule has 1 aliphatic heterocycles. The molecule has 1 aliphatic carbocycles. The van der Waals surface area contributed by atoms with E-state index >= 15 is 0 Å². The van der Waals surface area contributed by atoms with Gasteiger partial charge in [-0.3, -0.25) is 5.10 Å². The molecule has 1 aromatic heterocycles. The Morgan fingerprint density at radius 3 is 2.45 bits per heavy atom. The van der Waals surface area contributed by atoms with Crippen LogP contribution in [0.3, 0.4) is 0 Å². The summed E-state index contributed by atoms with van der Waals surface area (Å²) in [7, 11) is 0. The summed E-state index contributed by atoms with van der Waals surface area (Å²) in [5.41, 5.74) is 5.34. The molecule has 1 aromatic carbocycles. The molecule has 20 heavy (non-hydrogen) atoms. The SMILES string of the molecule is Cc1ccc(-c2c(N3CCCC3)n[nH]c2C2CC2)cc1. The van der Waals surface area contributed by atoms with Gasteiger partial charge in [0, 0.05) is 30.3 Å². The standard InChI is InChI=1S/C17H21N3/c1-12-4-6-13(7-5-12)15-16(14-8-9-14)18-19-17(15)20-10-2-3-11-20/h4-7,14H,2-3,8-11H2,1H3,(H,18,19). The van der Waals surface area contributed by atoms with Crippen molar-refractivity contribution < 1.29 is 0 Å². The highest BCUT2D eigenvalue weighted by atomic mass is 15.3. The van der Waals surface area contributed by atoms with Gasteiger partial charge in [0.15, 0.2) is 5.82 Å². The lowest BCUT2D eigenvalue weighted by Crippen LogP contribution is -2.18. The van der Waals surface area contributed by atoms with Gasteiger partial charge in [0.05, 0.1) is 0 Å². The van der Waals surface area contributed by atoms with Crippen molar-refractivity contribution in [2.75, 3.05) is 18.0 Å². The summed E-state index contributed by atoms with van der Waals surface area (Å²) in [5.74, 6) is 1.88. The minimum atomic E-state index is 0.704. The summed E-state index contributed by atoms with van der Waals surface area (Å²) < 4.78 is 0. The van der Waals surface area contributed by atoms with Gasteiger partial charge < -0.3 is 4.90 Å². The fraction of sp³-hybridized carbons (Fsp3) is 0.471. The average molecular weight is 267 g/mol. The zero-order valence-electron chi connectivity index (χ0n) is 12.0. The first-order valence-corrected chi connectivity index (χ1v) is 7.73. The molecule has 2 aliphatic rings. The first-order chi connectivity index (χ1) is 9.83. The van der Waals surface area contributed by atoms with Crippen LogP contribution in [0.25, 0.3) is 11.1 Å². The van der Waals surface area contributed by atoms with E-state index in [9.17, 15) is 0 Å². The van der Waals surface area contributed by atoms with Crippen molar-refractivity contribution in [1.29, 1.82) is 0 Å².